The average molecular weight is 219 g/mol. The van der Waals surface area contributed by atoms with Gasteiger partial charge in [0, 0.05) is 18.3 Å². The molecule has 0 radical (unpaired) electrons. The Labute approximate surface area is 91.1 Å². The minimum Gasteiger partial charge on any atom is -0.361 e. The van der Waals surface area contributed by atoms with Crippen molar-refractivity contribution < 1.29 is 9.45 Å². The molecule has 0 saturated carbocycles. The summed E-state index contributed by atoms with van der Waals surface area (Å²) >= 11 is 0. The minimum absolute atomic E-state index is 0.00463. The van der Waals surface area contributed by atoms with Crippen molar-refractivity contribution >= 4 is 5.69 Å². The van der Waals surface area contributed by atoms with E-state index in [0.29, 0.717) is 22.7 Å². The maximum absolute atomic E-state index is 10.6. The standard InChI is InChI=1S/C10H9N3O3/c1-6-10(7(2)16-12-6)9-5-8(13(14)15)3-4-11-9/h3-5H,1-2H3. The molecule has 6 nitrogen and oxygen atoms in total. The predicted octanol–water partition coefficient (Wildman–Crippen LogP) is 2.26. The van der Waals surface area contributed by atoms with Crippen LogP contribution in [0, 0.1) is 24.0 Å². The Balaban J connectivity index is 2.57. The Hall–Kier alpha value is -2.24. The van der Waals surface area contributed by atoms with E-state index in [9.17, 15) is 10.1 Å². The zero-order valence-electron chi connectivity index (χ0n) is 8.80. The number of pyridine rings is 1. The predicted molar refractivity (Wildman–Crippen MR) is 55.9 cm³/mol. The molecule has 0 saturated heterocycles. The van der Waals surface area contributed by atoms with Gasteiger partial charge in [0.15, 0.2) is 0 Å². The molecule has 0 aliphatic carbocycles. The summed E-state index contributed by atoms with van der Waals surface area (Å²) in [5.41, 5.74) is 1.89. The van der Waals surface area contributed by atoms with Gasteiger partial charge in [-0.05, 0) is 13.8 Å². The van der Waals surface area contributed by atoms with Crippen molar-refractivity contribution in [3.05, 3.63) is 39.9 Å². The van der Waals surface area contributed by atoms with Gasteiger partial charge in [0.25, 0.3) is 5.69 Å². The number of aromatic nitrogens is 2. The maximum atomic E-state index is 10.6. The molecule has 0 amide bonds. The second-order valence-corrected chi connectivity index (χ2v) is 3.36. The third-order valence-corrected chi connectivity index (χ3v) is 2.24. The third-order valence-electron chi connectivity index (χ3n) is 2.24. The van der Waals surface area contributed by atoms with Crippen LogP contribution in [0.15, 0.2) is 22.9 Å². The molecule has 0 aliphatic rings. The molecular weight excluding hydrogens is 210 g/mol. The van der Waals surface area contributed by atoms with Crippen LogP contribution < -0.4 is 0 Å². The van der Waals surface area contributed by atoms with E-state index in [1.54, 1.807) is 13.8 Å². The second-order valence-electron chi connectivity index (χ2n) is 3.36. The van der Waals surface area contributed by atoms with Gasteiger partial charge < -0.3 is 4.52 Å². The highest BCUT2D eigenvalue weighted by Crippen LogP contribution is 2.27. The summed E-state index contributed by atoms with van der Waals surface area (Å²) in [6.45, 7) is 3.52. The molecule has 0 fully saturated rings. The molecule has 0 spiro atoms. The number of aryl methyl sites for hydroxylation is 2. The first kappa shape index (κ1) is 10.3. The molecule has 2 rings (SSSR count). The van der Waals surface area contributed by atoms with E-state index in [0.717, 1.165) is 0 Å². The zero-order valence-corrected chi connectivity index (χ0v) is 8.80. The first-order chi connectivity index (χ1) is 7.59. The topological polar surface area (TPSA) is 82.1 Å². The molecule has 0 N–H and O–H groups in total. The van der Waals surface area contributed by atoms with Gasteiger partial charge in [0.2, 0.25) is 0 Å². The highest BCUT2D eigenvalue weighted by molar-refractivity contribution is 5.65. The van der Waals surface area contributed by atoms with E-state index in [1.807, 2.05) is 0 Å². The van der Waals surface area contributed by atoms with Crippen molar-refractivity contribution in [2.75, 3.05) is 0 Å². The summed E-state index contributed by atoms with van der Waals surface area (Å²) in [5, 5.41) is 14.4. The fourth-order valence-electron chi connectivity index (χ4n) is 1.52. The largest absolute Gasteiger partial charge is 0.361 e. The Morgan fingerprint density at radius 3 is 2.75 bits per heavy atom. The molecule has 2 aromatic rings. The molecule has 0 aliphatic heterocycles. The van der Waals surface area contributed by atoms with E-state index < -0.39 is 4.92 Å². The summed E-state index contributed by atoms with van der Waals surface area (Å²) < 4.78 is 4.99. The first-order valence-electron chi connectivity index (χ1n) is 4.63. The summed E-state index contributed by atoms with van der Waals surface area (Å²) in [7, 11) is 0. The monoisotopic (exact) mass is 219 g/mol. The summed E-state index contributed by atoms with van der Waals surface area (Å²) in [5.74, 6) is 0.602. The van der Waals surface area contributed by atoms with Crippen LogP contribution in [0.2, 0.25) is 0 Å². The van der Waals surface area contributed by atoms with Gasteiger partial charge in [0.05, 0.1) is 21.9 Å². The van der Waals surface area contributed by atoms with Crippen LogP contribution in [0.5, 0.6) is 0 Å². The lowest BCUT2D eigenvalue weighted by molar-refractivity contribution is -0.384. The molecule has 82 valence electrons. The number of hydrogen-bond acceptors (Lipinski definition) is 5. The number of rotatable bonds is 2. The van der Waals surface area contributed by atoms with Crippen molar-refractivity contribution in [1.29, 1.82) is 0 Å². The fraction of sp³-hybridized carbons (Fsp3) is 0.200. The fourth-order valence-corrected chi connectivity index (χ4v) is 1.52. The van der Waals surface area contributed by atoms with Gasteiger partial charge in [-0.1, -0.05) is 5.16 Å². The highest BCUT2D eigenvalue weighted by Gasteiger charge is 2.15. The van der Waals surface area contributed by atoms with E-state index in [4.69, 9.17) is 4.52 Å². The van der Waals surface area contributed by atoms with Gasteiger partial charge in [0.1, 0.15) is 5.76 Å². The Morgan fingerprint density at radius 1 is 1.44 bits per heavy atom. The summed E-state index contributed by atoms with van der Waals surface area (Å²) in [6.07, 6.45) is 1.40. The van der Waals surface area contributed by atoms with Crippen LogP contribution in [0.4, 0.5) is 5.69 Å². The zero-order chi connectivity index (χ0) is 11.7. The van der Waals surface area contributed by atoms with E-state index in [1.165, 1.54) is 18.3 Å². The molecule has 6 heteroatoms. The van der Waals surface area contributed by atoms with Crippen LogP contribution >= 0.6 is 0 Å². The third kappa shape index (κ3) is 1.65. The molecule has 2 heterocycles. The van der Waals surface area contributed by atoms with Crippen molar-refractivity contribution in [2.45, 2.75) is 13.8 Å². The van der Waals surface area contributed by atoms with Gasteiger partial charge in [-0.15, -0.1) is 0 Å². The molecule has 0 bridgehead atoms. The maximum Gasteiger partial charge on any atom is 0.273 e. The first-order valence-corrected chi connectivity index (χ1v) is 4.63. The van der Waals surface area contributed by atoms with Gasteiger partial charge in [-0.3, -0.25) is 15.1 Å². The van der Waals surface area contributed by atoms with E-state index >= 15 is 0 Å². The lowest BCUT2D eigenvalue weighted by Crippen LogP contribution is -1.91. The van der Waals surface area contributed by atoms with Crippen molar-refractivity contribution in [3.8, 4) is 11.3 Å². The van der Waals surface area contributed by atoms with Crippen LogP contribution in [0.1, 0.15) is 11.5 Å². The molecule has 0 aromatic carbocycles. The normalized spacial score (nSPS) is 10.4. The number of hydrogen-bond donors (Lipinski definition) is 0. The Bertz CT molecular complexity index is 528. The van der Waals surface area contributed by atoms with Crippen LogP contribution in [0.25, 0.3) is 11.3 Å². The second kappa shape index (κ2) is 3.73. The Morgan fingerprint density at radius 2 is 2.19 bits per heavy atom. The number of nitro groups is 1. The molecular formula is C10H9N3O3. The summed E-state index contributed by atoms with van der Waals surface area (Å²) in [4.78, 5) is 14.3. The molecule has 2 aromatic heterocycles. The molecule has 16 heavy (non-hydrogen) atoms. The van der Waals surface area contributed by atoms with Crippen molar-refractivity contribution in [3.63, 3.8) is 0 Å². The van der Waals surface area contributed by atoms with Crippen LogP contribution in [-0.4, -0.2) is 15.1 Å². The number of nitrogens with zero attached hydrogens (tertiary/aromatic N) is 3. The van der Waals surface area contributed by atoms with Crippen LogP contribution in [-0.2, 0) is 0 Å². The smallest absolute Gasteiger partial charge is 0.273 e. The van der Waals surface area contributed by atoms with Gasteiger partial charge in [-0.2, -0.15) is 0 Å². The van der Waals surface area contributed by atoms with Gasteiger partial charge in [-0.25, -0.2) is 0 Å². The van der Waals surface area contributed by atoms with E-state index in [-0.39, 0.29) is 5.69 Å². The lowest BCUT2D eigenvalue weighted by Gasteiger charge is -1.98. The quantitative estimate of drug-likeness (QED) is 0.571. The van der Waals surface area contributed by atoms with Crippen molar-refractivity contribution in [1.82, 2.24) is 10.1 Å². The van der Waals surface area contributed by atoms with Gasteiger partial charge >= 0.3 is 0 Å². The molecule has 0 atom stereocenters. The molecule has 0 unspecified atom stereocenters. The minimum atomic E-state index is -0.455. The average Bonchev–Trinajstić information content (AvgIpc) is 2.59. The summed E-state index contributed by atoms with van der Waals surface area (Å²) in [6, 6.07) is 2.76. The van der Waals surface area contributed by atoms with Crippen LogP contribution in [0.3, 0.4) is 0 Å². The SMILES string of the molecule is Cc1noc(C)c1-c1cc([N+](=O)[O-])ccn1. The van der Waals surface area contributed by atoms with Crippen molar-refractivity contribution in [2.24, 2.45) is 0 Å². The van der Waals surface area contributed by atoms with E-state index in [2.05, 4.69) is 10.1 Å². The highest BCUT2D eigenvalue weighted by atomic mass is 16.6. The Kier molecular flexibility index (Phi) is 2.40. The lowest BCUT2D eigenvalue weighted by atomic mass is 10.1.